The summed E-state index contributed by atoms with van der Waals surface area (Å²) in [6.07, 6.45) is 3.58. The number of rotatable bonds is 5. The normalized spacial score (nSPS) is 10.8. The summed E-state index contributed by atoms with van der Waals surface area (Å²) >= 11 is 1.56. The maximum Gasteiger partial charge on any atom is 0.249 e. The van der Waals surface area contributed by atoms with Crippen LogP contribution in [0.2, 0.25) is 0 Å². The van der Waals surface area contributed by atoms with E-state index < -0.39 is 0 Å². The molecule has 5 heteroatoms. The number of thiophene rings is 1. The van der Waals surface area contributed by atoms with Crippen LogP contribution in [0.4, 0.5) is 0 Å². The highest BCUT2D eigenvalue weighted by atomic mass is 32.1. The maximum absolute atomic E-state index is 11.0. The molecule has 2 heterocycles. The first-order valence-electron chi connectivity index (χ1n) is 5.60. The van der Waals surface area contributed by atoms with Crippen molar-refractivity contribution in [2.24, 2.45) is 5.73 Å². The van der Waals surface area contributed by atoms with Crippen LogP contribution in [-0.4, -0.2) is 22.8 Å². The van der Waals surface area contributed by atoms with Crippen LogP contribution in [0.15, 0.2) is 36.0 Å². The lowest BCUT2D eigenvalue weighted by Crippen LogP contribution is -2.16. The number of carbonyl (C=O) groups excluding carboxylic acids is 1. The molecular formula is C13H15N3OS. The molecule has 94 valence electrons. The average molecular weight is 261 g/mol. The van der Waals surface area contributed by atoms with Gasteiger partial charge in [-0.05, 0) is 30.8 Å². The second-order valence-electron chi connectivity index (χ2n) is 4.19. The number of nitrogens with two attached hydrogens (primary N) is 1. The van der Waals surface area contributed by atoms with Crippen molar-refractivity contribution in [3.63, 3.8) is 0 Å². The Morgan fingerprint density at radius 3 is 2.72 bits per heavy atom. The Morgan fingerprint density at radius 1 is 1.39 bits per heavy atom. The Bertz CT molecular complexity index is 524. The second-order valence-corrected chi connectivity index (χ2v) is 5.19. The fraction of sp³-hybridized carbons (Fsp3) is 0.231. The number of nitrogens with zero attached hydrogens (tertiary/aromatic N) is 2. The molecule has 0 saturated heterocycles. The molecule has 0 saturated carbocycles. The summed E-state index contributed by atoms with van der Waals surface area (Å²) in [5.74, 6) is -0.366. The van der Waals surface area contributed by atoms with Gasteiger partial charge in [-0.1, -0.05) is 0 Å². The first-order chi connectivity index (χ1) is 8.65. The zero-order chi connectivity index (χ0) is 13.0. The largest absolute Gasteiger partial charge is 0.366 e. The number of amides is 1. The zero-order valence-electron chi connectivity index (χ0n) is 10.2. The molecule has 0 fully saturated rings. The van der Waals surface area contributed by atoms with Gasteiger partial charge < -0.3 is 5.73 Å². The molecule has 2 N–H and O–H groups in total. The van der Waals surface area contributed by atoms with Gasteiger partial charge >= 0.3 is 0 Å². The van der Waals surface area contributed by atoms with E-state index in [0.29, 0.717) is 5.56 Å². The molecule has 2 aromatic heterocycles. The van der Waals surface area contributed by atoms with Crippen LogP contribution in [0, 0.1) is 0 Å². The summed E-state index contributed by atoms with van der Waals surface area (Å²) in [7, 11) is 2.05. The first-order valence-corrected chi connectivity index (χ1v) is 6.48. The Balaban J connectivity index is 1.94. The lowest BCUT2D eigenvalue weighted by Gasteiger charge is -2.15. The number of aromatic nitrogens is 1. The molecule has 0 aliphatic heterocycles. The van der Waals surface area contributed by atoms with Crippen molar-refractivity contribution in [2.75, 3.05) is 7.05 Å². The highest BCUT2D eigenvalue weighted by molar-refractivity contribution is 7.10. The predicted molar refractivity (Wildman–Crippen MR) is 72.2 cm³/mol. The van der Waals surface area contributed by atoms with E-state index in [9.17, 15) is 4.79 Å². The minimum Gasteiger partial charge on any atom is -0.366 e. The number of primary amides is 1. The van der Waals surface area contributed by atoms with E-state index >= 15 is 0 Å². The van der Waals surface area contributed by atoms with Crippen molar-refractivity contribution in [2.45, 2.75) is 13.1 Å². The van der Waals surface area contributed by atoms with E-state index in [4.69, 9.17) is 5.73 Å². The Morgan fingerprint density at radius 2 is 2.11 bits per heavy atom. The molecule has 18 heavy (non-hydrogen) atoms. The lowest BCUT2D eigenvalue weighted by atomic mass is 10.2. The van der Waals surface area contributed by atoms with E-state index in [1.807, 2.05) is 25.2 Å². The molecule has 0 radical (unpaired) electrons. The van der Waals surface area contributed by atoms with E-state index in [-0.39, 0.29) is 5.91 Å². The molecule has 4 nitrogen and oxygen atoms in total. The van der Waals surface area contributed by atoms with Crippen LogP contribution in [0.25, 0.3) is 0 Å². The standard InChI is InChI=1S/C13H15N3OS/c1-16(7-10-2-4-15-5-3-10)8-12-6-11(9-18-12)13(14)17/h2-6,9H,7-8H2,1H3,(H2,14,17). The van der Waals surface area contributed by atoms with Crippen molar-refractivity contribution in [3.05, 3.63) is 52.0 Å². The van der Waals surface area contributed by atoms with Crippen molar-refractivity contribution >= 4 is 17.2 Å². The minimum atomic E-state index is -0.366. The van der Waals surface area contributed by atoms with Crippen molar-refractivity contribution in [3.8, 4) is 0 Å². The van der Waals surface area contributed by atoms with Gasteiger partial charge in [-0.3, -0.25) is 14.7 Å². The molecule has 0 atom stereocenters. The molecular weight excluding hydrogens is 246 g/mol. The van der Waals surface area contributed by atoms with Gasteiger partial charge in [0.2, 0.25) is 5.91 Å². The summed E-state index contributed by atoms with van der Waals surface area (Å²) in [4.78, 5) is 18.3. The summed E-state index contributed by atoms with van der Waals surface area (Å²) in [6, 6.07) is 5.86. The highest BCUT2D eigenvalue weighted by Gasteiger charge is 2.07. The number of carbonyl (C=O) groups is 1. The highest BCUT2D eigenvalue weighted by Crippen LogP contribution is 2.16. The minimum absolute atomic E-state index is 0.366. The fourth-order valence-electron chi connectivity index (χ4n) is 1.71. The second kappa shape index (κ2) is 5.75. The van der Waals surface area contributed by atoms with Crippen LogP contribution in [0.5, 0.6) is 0 Å². The monoisotopic (exact) mass is 261 g/mol. The van der Waals surface area contributed by atoms with Gasteiger partial charge in [-0.15, -0.1) is 11.3 Å². The Kier molecular flexibility index (Phi) is 4.07. The van der Waals surface area contributed by atoms with Crippen LogP contribution < -0.4 is 5.73 Å². The number of hydrogen-bond donors (Lipinski definition) is 1. The van der Waals surface area contributed by atoms with E-state index in [2.05, 4.69) is 9.88 Å². The average Bonchev–Trinajstić information content (AvgIpc) is 2.78. The van der Waals surface area contributed by atoms with Crippen molar-refractivity contribution in [1.29, 1.82) is 0 Å². The zero-order valence-corrected chi connectivity index (χ0v) is 11.0. The van der Waals surface area contributed by atoms with Crippen LogP contribution in [0.1, 0.15) is 20.8 Å². The third-order valence-electron chi connectivity index (χ3n) is 2.57. The molecule has 0 unspecified atom stereocenters. The number of pyridine rings is 1. The summed E-state index contributed by atoms with van der Waals surface area (Å²) in [6.45, 7) is 1.66. The van der Waals surface area contributed by atoms with Crippen LogP contribution >= 0.6 is 11.3 Å². The molecule has 0 spiro atoms. The lowest BCUT2D eigenvalue weighted by molar-refractivity contribution is 0.100. The van der Waals surface area contributed by atoms with Gasteiger partial charge in [0.15, 0.2) is 0 Å². The quantitative estimate of drug-likeness (QED) is 0.894. The molecule has 0 aliphatic rings. The first kappa shape index (κ1) is 12.7. The van der Waals surface area contributed by atoms with Gasteiger partial charge in [0.05, 0.1) is 5.56 Å². The summed E-state index contributed by atoms with van der Waals surface area (Å²) in [5.41, 5.74) is 7.04. The molecule has 2 rings (SSSR count). The van der Waals surface area contributed by atoms with E-state index in [0.717, 1.165) is 18.0 Å². The van der Waals surface area contributed by atoms with E-state index in [1.165, 1.54) is 5.56 Å². The summed E-state index contributed by atoms with van der Waals surface area (Å²) < 4.78 is 0. The van der Waals surface area contributed by atoms with Gasteiger partial charge in [-0.2, -0.15) is 0 Å². The maximum atomic E-state index is 11.0. The third-order valence-corrected chi connectivity index (χ3v) is 3.49. The SMILES string of the molecule is CN(Cc1ccncc1)Cc1cc(C(N)=O)cs1. The van der Waals surface area contributed by atoms with Crippen LogP contribution in [-0.2, 0) is 13.1 Å². The predicted octanol–water partition coefficient (Wildman–Crippen LogP) is 1.87. The number of hydrogen-bond acceptors (Lipinski definition) is 4. The molecule has 0 aromatic carbocycles. The van der Waals surface area contributed by atoms with Gasteiger partial charge in [0.25, 0.3) is 0 Å². The Hall–Kier alpha value is -1.72. The topological polar surface area (TPSA) is 59.2 Å². The molecule has 2 aromatic rings. The fourth-order valence-corrected chi connectivity index (χ4v) is 2.67. The third kappa shape index (κ3) is 3.38. The van der Waals surface area contributed by atoms with E-state index in [1.54, 1.807) is 29.1 Å². The van der Waals surface area contributed by atoms with Gasteiger partial charge in [-0.25, -0.2) is 0 Å². The molecule has 0 aliphatic carbocycles. The van der Waals surface area contributed by atoms with Gasteiger partial charge in [0, 0.05) is 35.7 Å². The van der Waals surface area contributed by atoms with Crippen molar-refractivity contribution < 1.29 is 4.79 Å². The van der Waals surface area contributed by atoms with Crippen LogP contribution in [0.3, 0.4) is 0 Å². The van der Waals surface area contributed by atoms with Crippen molar-refractivity contribution in [1.82, 2.24) is 9.88 Å². The van der Waals surface area contributed by atoms with Gasteiger partial charge in [0.1, 0.15) is 0 Å². The smallest absolute Gasteiger partial charge is 0.249 e. The Labute approximate surface area is 110 Å². The summed E-state index contributed by atoms with van der Waals surface area (Å²) in [5, 5.41) is 1.80. The molecule has 0 bridgehead atoms. The molecule has 1 amide bonds.